The number of para-hydroxylation sites is 2. The highest BCUT2D eigenvalue weighted by molar-refractivity contribution is 5.87. The minimum absolute atomic E-state index is 0.0780. The van der Waals surface area contributed by atoms with Gasteiger partial charge in [-0.3, -0.25) is 9.69 Å². The fourth-order valence-electron chi connectivity index (χ4n) is 2.79. The average Bonchev–Trinajstić information content (AvgIpc) is 2.91. The van der Waals surface area contributed by atoms with Gasteiger partial charge in [-0.2, -0.15) is 0 Å². The van der Waals surface area contributed by atoms with E-state index in [0.717, 1.165) is 49.3 Å². The Morgan fingerprint density at radius 1 is 1.43 bits per heavy atom. The van der Waals surface area contributed by atoms with Crippen molar-refractivity contribution in [1.29, 1.82) is 0 Å². The second-order valence-corrected chi connectivity index (χ2v) is 5.46. The lowest BCUT2D eigenvalue weighted by Gasteiger charge is -2.31. The molecule has 2 N–H and O–H groups in total. The number of piperidine rings is 1. The summed E-state index contributed by atoms with van der Waals surface area (Å²) < 4.78 is 0. The van der Waals surface area contributed by atoms with Gasteiger partial charge < -0.3 is 10.3 Å². The Hall–Kier alpha value is -2.14. The predicted molar refractivity (Wildman–Crippen MR) is 82.7 cm³/mol. The molecule has 1 aliphatic rings. The van der Waals surface area contributed by atoms with Gasteiger partial charge in [0.15, 0.2) is 0 Å². The molecule has 5 nitrogen and oxygen atoms in total. The number of nitrogens with zero attached hydrogens (tertiary/aromatic N) is 2. The van der Waals surface area contributed by atoms with Gasteiger partial charge in [0.1, 0.15) is 5.82 Å². The number of amides is 1. The van der Waals surface area contributed by atoms with Crippen molar-refractivity contribution in [2.75, 3.05) is 13.1 Å². The third kappa shape index (κ3) is 3.31. The molecule has 3 rings (SSSR count). The summed E-state index contributed by atoms with van der Waals surface area (Å²) in [6.45, 7) is 6.26. The highest BCUT2D eigenvalue weighted by Gasteiger charge is 2.20. The molecule has 0 bridgehead atoms. The number of imidazole rings is 1. The molecule has 1 aromatic carbocycles. The van der Waals surface area contributed by atoms with Gasteiger partial charge in [-0.15, -0.1) is 0 Å². The highest BCUT2D eigenvalue weighted by Crippen LogP contribution is 2.15. The number of carbonyl (C=O) groups excluding carboxylic acids is 1. The molecule has 1 aromatic heterocycles. The van der Waals surface area contributed by atoms with E-state index in [4.69, 9.17) is 0 Å². The van der Waals surface area contributed by atoms with E-state index in [2.05, 4.69) is 26.8 Å². The van der Waals surface area contributed by atoms with E-state index in [1.165, 1.54) is 6.08 Å². The zero-order valence-corrected chi connectivity index (χ0v) is 12.0. The van der Waals surface area contributed by atoms with Crippen molar-refractivity contribution in [2.45, 2.75) is 25.4 Å². The van der Waals surface area contributed by atoms with E-state index < -0.39 is 0 Å². The summed E-state index contributed by atoms with van der Waals surface area (Å²) in [4.78, 5) is 21.6. The fourth-order valence-corrected chi connectivity index (χ4v) is 2.79. The number of rotatable bonds is 4. The molecule has 1 amide bonds. The van der Waals surface area contributed by atoms with Crippen LogP contribution in [0.2, 0.25) is 0 Å². The second kappa shape index (κ2) is 6.10. The van der Waals surface area contributed by atoms with E-state index in [1.54, 1.807) is 0 Å². The molecule has 1 saturated heterocycles. The Morgan fingerprint density at radius 2 is 2.19 bits per heavy atom. The summed E-state index contributed by atoms with van der Waals surface area (Å²) in [5, 5.41) is 2.97. The van der Waals surface area contributed by atoms with Crippen molar-refractivity contribution in [3.63, 3.8) is 0 Å². The fraction of sp³-hybridized carbons (Fsp3) is 0.375. The van der Waals surface area contributed by atoms with Gasteiger partial charge in [-0.25, -0.2) is 4.98 Å². The number of hydrogen-bond acceptors (Lipinski definition) is 3. The van der Waals surface area contributed by atoms with Crippen LogP contribution in [0.1, 0.15) is 18.7 Å². The maximum Gasteiger partial charge on any atom is 0.243 e. The molecule has 0 atom stereocenters. The number of aromatic nitrogens is 2. The number of aromatic amines is 1. The first-order chi connectivity index (χ1) is 10.2. The van der Waals surface area contributed by atoms with Crippen LogP contribution in [0.15, 0.2) is 36.9 Å². The number of fused-ring (bicyclic) bond motifs is 1. The number of H-pyrrole nitrogens is 1. The lowest BCUT2D eigenvalue weighted by atomic mass is 10.1. The number of hydrogen-bond donors (Lipinski definition) is 2. The van der Waals surface area contributed by atoms with Crippen LogP contribution >= 0.6 is 0 Å². The van der Waals surface area contributed by atoms with Crippen LogP contribution in [0, 0.1) is 0 Å². The van der Waals surface area contributed by atoms with Crippen molar-refractivity contribution < 1.29 is 4.79 Å². The van der Waals surface area contributed by atoms with Gasteiger partial charge in [-0.05, 0) is 31.1 Å². The van der Waals surface area contributed by atoms with Gasteiger partial charge in [0.2, 0.25) is 5.91 Å². The Balaban J connectivity index is 1.55. The van der Waals surface area contributed by atoms with E-state index in [9.17, 15) is 4.79 Å². The van der Waals surface area contributed by atoms with Crippen LogP contribution < -0.4 is 5.32 Å². The van der Waals surface area contributed by atoms with Gasteiger partial charge >= 0.3 is 0 Å². The summed E-state index contributed by atoms with van der Waals surface area (Å²) in [5.41, 5.74) is 2.10. The zero-order valence-electron chi connectivity index (χ0n) is 12.0. The third-order valence-electron chi connectivity index (χ3n) is 3.93. The molecule has 110 valence electrons. The molecule has 0 unspecified atom stereocenters. The molecule has 5 heteroatoms. The smallest absolute Gasteiger partial charge is 0.243 e. The topological polar surface area (TPSA) is 61.0 Å². The van der Waals surface area contributed by atoms with E-state index in [-0.39, 0.29) is 11.9 Å². The van der Waals surface area contributed by atoms with Gasteiger partial charge in [0.25, 0.3) is 0 Å². The van der Waals surface area contributed by atoms with Crippen LogP contribution in [-0.4, -0.2) is 39.9 Å². The molecule has 2 aromatic rings. The Kier molecular flexibility index (Phi) is 4.01. The first-order valence-electron chi connectivity index (χ1n) is 7.33. The van der Waals surface area contributed by atoms with E-state index in [1.807, 2.05) is 24.3 Å². The van der Waals surface area contributed by atoms with Crippen LogP contribution in [0.5, 0.6) is 0 Å². The largest absolute Gasteiger partial charge is 0.350 e. The normalized spacial score (nSPS) is 17.0. The third-order valence-corrected chi connectivity index (χ3v) is 3.93. The molecule has 0 radical (unpaired) electrons. The lowest BCUT2D eigenvalue weighted by Crippen LogP contribution is -2.43. The summed E-state index contributed by atoms with van der Waals surface area (Å²) in [7, 11) is 0. The zero-order chi connectivity index (χ0) is 14.7. The standard InChI is InChI=1S/C16H20N4O/c1-2-16(21)17-12-7-9-20(10-8-12)11-15-18-13-5-3-4-6-14(13)19-15/h2-6,12H,1,7-11H2,(H,17,21)(H,18,19). The van der Waals surface area contributed by atoms with Crippen LogP contribution in [0.25, 0.3) is 11.0 Å². The number of carbonyl (C=O) groups is 1. The maximum absolute atomic E-state index is 11.3. The van der Waals surface area contributed by atoms with Crippen molar-refractivity contribution in [3.05, 3.63) is 42.7 Å². The molecule has 2 heterocycles. The van der Waals surface area contributed by atoms with Gasteiger partial charge in [-0.1, -0.05) is 18.7 Å². The van der Waals surface area contributed by atoms with Crippen molar-refractivity contribution in [1.82, 2.24) is 20.2 Å². The number of nitrogens with one attached hydrogen (secondary N) is 2. The maximum atomic E-state index is 11.3. The van der Waals surface area contributed by atoms with Crippen LogP contribution in [0.4, 0.5) is 0 Å². The molecule has 1 fully saturated rings. The Labute approximate surface area is 124 Å². The molecule has 1 aliphatic heterocycles. The summed E-state index contributed by atoms with van der Waals surface area (Å²) in [5.74, 6) is 0.926. The molecule has 0 spiro atoms. The Bertz CT molecular complexity index is 608. The first-order valence-corrected chi connectivity index (χ1v) is 7.33. The molecule has 0 aliphatic carbocycles. The summed E-state index contributed by atoms with van der Waals surface area (Å²) in [6, 6.07) is 8.34. The second-order valence-electron chi connectivity index (χ2n) is 5.46. The van der Waals surface area contributed by atoms with Gasteiger partial charge in [0.05, 0.1) is 17.6 Å². The van der Waals surface area contributed by atoms with E-state index >= 15 is 0 Å². The minimum atomic E-state index is -0.0780. The molecule has 21 heavy (non-hydrogen) atoms. The van der Waals surface area contributed by atoms with Crippen LogP contribution in [-0.2, 0) is 11.3 Å². The first kappa shape index (κ1) is 13.8. The molecule has 0 saturated carbocycles. The monoisotopic (exact) mass is 284 g/mol. The van der Waals surface area contributed by atoms with Crippen molar-refractivity contribution in [2.24, 2.45) is 0 Å². The van der Waals surface area contributed by atoms with Crippen molar-refractivity contribution in [3.8, 4) is 0 Å². The lowest BCUT2D eigenvalue weighted by molar-refractivity contribution is -0.117. The quantitative estimate of drug-likeness (QED) is 0.842. The summed E-state index contributed by atoms with van der Waals surface area (Å²) >= 11 is 0. The predicted octanol–water partition coefficient (Wildman–Crippen LogP) is 1.83. The van der Waals surface area contributed by atoms with Crippen molar-refractivity contribution >= 4 is 16.9 Å². The molecular formula is C16H20N4O. The van der Waals surface area contributed by atoms with E-state index in [0.29, 0.717) is 0 Å². The van der Waals surface area contributed by atoms with Crippen LogP contribution in [0.3, 0.4) is 0 Å². The number of likely N-dealkylation sites (tertiary alicyclic amines) is 1. The summed E-state index contributed by atoms with van der Waals surface area (Å²) in [6.07, 6.45) is 3.28. The highest BCUT2D eigenvalue weighted by atomic mass is 16.1. The Morgan fingerprint density at radius 3 is 2.90 bits per heavy atom. The molecular weight excluding hydrogens is 264 g/mol. The SMILES string of the molecule is C=CC(=O)NC1CCN(Cc2nc3ccccc3[nH]2)CC1. The average molecular weight is 284 g/mol. The van der Waals surface area contributed by atoms with Gasteiger partial charge in [0, 0.05) is 19.1 Å². The number of benzene rings is 1. The minimum Gasteiger partial charge on any atom is -0.350 e.